The Kier molecular flexibility index (Phi) is 3.27. The van der Waals surface area contributed by atoms with Crippen LogP contribution in [0.3, 0.4) is 0 Å². The maximum Gasteiger partial charge on any atom is 0.176 e. The average Bonchev–Trinajstić information content (AvgIpc) is 2.93. The number of hydrogen-bond donors (Lipinski definition) is 1. The fourth-order valence-electron chi connectivity index (χ4n) is 3.44. The minimum atomic E-state index is -0.732. The fourth-order valence-corrected chi connectivity index (χ4v) is 3.44. The first-order valence-electron chi connectivity index (χ1n) is 6.87. The number of halogens is 1. The lowest BCUT2D eigenvalue weighted by molar-refractivity contribution is 0.0940. The highest BCUT2D eigenvalue weighted by molar-refractivity contribution is 5.97. The highest BCUT2D eigenvalue weighted by Crippen LogP contribution is 2.37. The molecule has 3 nitrogen and oxygen atoms in total. The lowest BCUT2D eigenvalue weighted by atomic mass is 10.0. The largest absolute Gasteiger partial charge is 0.505 e. The van der Waals surface area contributed by atoms with Gasteiger partial charge in [0.25, 0.3) is 0 Å². The van der Waals surface area contributed by atoms with E-state index in [-0.39, 0.29) is 5.78 Å². The van der Waals surface area contributed by atoms with Crippen molar-refractivity contribution >= 4 is 5.78 Å². The molecule has 1 aromatic carbocycles. The monoisotopic (exact) mass is 263 g/mol. The van der Waals surface area contributed by atoms with Crippen LogP contribution in [0.1, 0.15) is 29.6 Å². The molecular weight excluding hydrogens is 245 g/mol. The Labute approximate surface area is 112 Å². The SMILES string of the molecule is O=C(CN1C[C@H]2CCC[C@H]2C1)c1ccc(O)c(F)c1. The van der Waals surface area contributed by atoms with Gasteiger partial charge >= 0.3 is 0 Å². The second-order valence-corrected chi connectivity index (χ2v) is 5.73. The Morgan fingerprint density at radius 1 is 1.32 bits per heavy atom. The summed E-state index contributed by atoms with van der Waals surface area (Å²) in [7, 11) is 0. The molecule has 2 fully saturated rings. The first kappa shape index (κ1) is 12.6. The molecule has 0 radical (unpaired) electrons. The minimum absolute atomic E-state index is 0.0705. The Morgan fingerprint density at radius 3 is 2.63 bits per heavy atom. The van der Waals surface area contributed by atoms with Gasteiger partial charge in [-0.2, -0.15) is 0 Å². The summed E-state index contributed by atoms with van der Waals surface area (Å²) in [5, 5.41) is 9.12. The van der Waals surface area contributed by atoms with Crippen molar-refractivity contribution in [1.29, 1.82) is 0 Å². The number of nitrogens with zero attached hydrogens (tertiary/aromatic N) is 1. The Balaban J connectivity index is 1.63. The van der Waals surface area contributed by atoms with Crippen molar-refractivity contribution in [2.24, 2.45) is 11.8 Å². The number of Topliss-reactive ketones (excluding diaryl/α,β-unsaturated/α-hetero) is 1. The van der Waals surface area contributed by atoms with Crippen molar-refractivity contribution in [3.63, 3.8) is 0 Å². The van der Waals surface area contributed by atoms with E-state index in [0.717, 1.165) is 31.0 Å². The average molecular weight is 263 g/mol. The quantitative estimate of drug-likeness (QED) is 0.852. The molecule has 1 aliphatic carbocycles. The molecule has 1 saturated heterocycles. The molecule has 1 saturated carbocycles. The third-order valence-electron chi connectivity index (χ3n) is 4.44. The van der Waals surface area contributed by atoms with Gasteiger partial charge in [-0.25, -0.2) is 4.39 Å². The van der Waals surface area contributed by atoms with Gasteiger partial charge in [0.2, 0.25) is 0 Å². The van der Waals surface area contributed by atoms with E-state index >= 15 is 0 Å². The minimum Gasteiger partial charge on any atom is -0.505 e. The van der Waals surface area contributed by atoms with Crippen molar-refractivity contribution in [2.45, 2.75) is 19.3 Å². The second kappa shape index (κ2) is 4.93. The van der Waals surface area contributed by atoms with Crippen LogP contribution in [0.2, 0.25) is 0 Å². The molecule has 1 heterocycles. The number of phenolic OH excluding ortho intramolecular Hbond substituents is 1. The number of rotatable bonds is 3. The predicted octanol–water partition coefficient (Wildman–Crippen LogP) is 2.45. The number of ketones is 1. The molecule has 0 unspecified atom stereocenters. The second-order valence-electron chi connectivity index (χ2n) is 5.73. The van der Waals surface area contributed by atoms with Gasteiger partial charge in [0.1, 0.15) is 0 Å². The normalized spacial score (nSPS) is 26.6. The Morgan fingerprint density at radius 2 is 2.00 bits per heavy atom. The number of carbonyl (C=O) groups excluding carboxylic acids is 1. The molecule has 3 rings (SSSR count). The molecule has 2 aliphatic rings. The van der Waals surface area contributed by atoms with Crippen LogP contribution in [0, 0.1) is 17.7 Å². The maximum atomic E-state index is 13.2. The van der Waals surface area contributed by atoms with Crippen LogP contribution >= 0.6 is 0 Å². The molecule has 1 aliphatic heterocycles. The molecule has 1 aromatic rings. The summed E-state index contributed by atoms with van der Waals surface area (Å²) in [5.74, 6) is 0.295. The molecule has 0 spiro atoms. The summed E-state index contributed by atoms with van der Waals surface area (Å²) in [6.07, 6.45) is 3.88. The van der Waals surface area contributed by atoms with E-state index in [1.165, 1.54) is 31.4 Å². The van der Waals surface area contributed by atoms with Crippen molar-refractivity contribution in [3.8, 4) is 5.75 Å². The van der Waals surface area contributed by atoms with Crippen molar-refractivity contribution in [1.82, 2.24) is 4.90 Å². The van der Waals surface area contributed by atoms with Gasteiger partial charge in [-0.05, 0) is 42.9 Å². The number of fused-ring (bicyclic) bond motifs is 1. The van der Waals surface area contributed by atoms with Crippen LogP contribution in [-0.2, 0) is 0 Å². The van der Waals surface area contributed by atoms with E-state index in [0.29, 0.717) is 12.1 Å². The Hall–Kier alpha value is -1.42. The highest BCUT2D eigenvalue weighted by atomic mass is 19.1. The van der Waals surface area contributed by atoms with E-state index in [4.69, 9.17) is 5.11 Å². The van der Waals surface area contributed by atoms with Gasteiger partial charge in [-0.1, -0.05) is 6.42 Å². The first-order chi connectivity index (χ1) is 9.13. The van der Waals surface area contributed by atoms with E-state index in [1.54, 1.807) is 0 Å². The van der Waals surface area contributed by atoms with E-state index in [1.807, 2.05) is 0 Å². The summed E-state index contributed by atoms with van der Waals surface area (Å²) in [4.78, 5) is 14.3. The van der Waals surface area contributed by atoms with Crippen LogP contribution in [-0.4, -0.2) is 35.4 Å². The number of hydrogen-bond acceptors (Lipinski definition) is 3. The smallest absolute Gasteiger partial charge is 0.176 e. The number of benzene rings is 1. The first-order valence-corrected chi connectivity index (χ1v) is 6.87. The predicted molar refractivity (Wildman–Crippen MR) is 69.7 cm³/mol. The van der Waals surface area contributed by atoms with Gasteiger partial charge < -0.3 is 5.11 Å². The molecule has 19 heavy (non-hydrogen) atoms. The van der Waals surface area contributed by atoms with E-state index in [9.17, 15) is 9.18 Å². The molecule has 2 atom stereocenters. The molecule has 4 heteroatoms. The van der Waals surface area contributed by atoms with Gasteiger partial charge in [0.15, 0.2) is 17.3 Å². The molecule has 0 amide bonds. The summed E-state index contributed by atoms with van der Waals surface area (Å²) < 4.78 is 13.2. The van der Waals surface area contributed by atoms with Gasteiger partial charge in [-0.15, -0.1) is 0 Å². The van der Waals surface area contributed by atoms with Crippen LogP contribution in [0.5, 0.6) is 5.75 Å². The number of phenols is 1. The van der Waals surface area contributed by atoms with Gasteiger partial charge in [-0.3, -0.25) is 9.69 Å². The standard InChI is InChI=1S/C15H18FNO2/c16-13-6-10(4-5-14(13)18)15(19)9-17-7-11-2-1-3-12(11)8-17/h4-6,11-12,18H,1-3,7-9H2/t11-,12+. The molecule has 1 N–H and O–H groups in total. The zero-order valence-corrected chi connectivity index (χ0v) is 10.8. The van der Waals surface area contributed by atoms with Crippen LogP contribution in [0.4, 0.5) is 4.39 Å². The fraction of sp³-hybridized carbons (Fsp3) is 0.533. The van der Waals surface area contributed by atoms with E-state index < -0.39 is 11.6 Å². The lowest BCUT2D eigenvalue weighted by Gasteiger charge is -2.15. The molecule has 102 valence electrons. The summed E-state index contributed by atoms with van der Waals surface area (Å²) in [6, 6.07) is 3.84. The Bertz CT molecular complexity index is 491. The third kappa shape index (κ3) is 2.50. The zero-order chi connectivity index (χ0) is 13.4. The van der Waals surface area contributed by atoms with Crippen LogP contribution in [0.25, 0.3) is 0 Å². The highest BCUT2D eigenvalue weighted by Gasteiger charge is 2.36. The summed E-state index contributed by atoms with van der Waals surface area (Å²) in [6.45, 7) is 2.35. The topological polar surface area (TPSA) is 40.5 Å². The lowest BCUT2D eigenvalue weighted by Crippen LogP contribution is -2.28. The summed E-state index contributed by atoms with van der Waals surface area (Å²) in [5.41, 5.74) is 0.340. The van der Waals surface area contributed by atoms with Gasteiger partial charge in [0, 0.05) is 18.7 Å². The molecular formula is C15H18FNO2. The van der Waals surface area contributed by atoms with E-state index in [2.05, 4.69) is 4.90 Å². The number of carbonyl (C=O) groups is 1. The van der Waals surface area contributed by atoms with Crippen LogP contribution in [0.15, 0.2) is 18.2 Å². The maximum absolute atomic E-state index is 13.2. The number of aromatic hydroxyl groups is 1. The molecule has 0 bridgehead atoms. The van der Waals surface area contributed by atoms with Crippen molar-refractivity contribution < 1.29 is 14.3 Å². The third-order valence-corrected chi connectivity index (χ3v) is 4.44. The van der Waals surface area contributed by atoms with Crippen LogP contribution < -0.4 is 0 Å². The summed E-state index contributed by atoms with van der Waals surface area (Å²) >= 11 is 0. The van der Waals surface area contributed by atoms with Gasteiger partial charge in [0.05, 0.1) is 6.54 Å². The number of likely N-dealkylation sites (tertiary alicyclic amines) is 1. The molecule has 0 aromatic heterocycles. The van der Waals surface area contributed by atoms with Crippen molar-refractivity contribution in [2.75, 3.05) is 19.6 Å². The zero-order valence-electron chi connectivity index (χ0n) is 10.8. The van der Waals surface area contributed by atoms with Crippen molar-refractivity contribution in [3.05, 3.63) is 29.6 Å².